The minimum atomic E-state index is -1.64. The van der Waals surface area contributed by atoms with Gasteiger partial charge in [-0.1, -0.05) is 0 Å². The van der Waals surface area contributed by atoms with E-state index < -0.39 is 5.67 Å². The molecule has 3 aromatic heterocycles. The summed E-state index contributed by atoms with van der Waals surface area (Å²) in [6.45, 7) is 8.66. The summed E-state index contributed by atoms with van der Waals surface area (Å²) < 4.78 is 28.8. The molecule has 2 unspecified atom stereocenters. The van der Waals surface area contributed by atoms with Crippen LogP contribution >= 0.6 is 0 Å². The topological polar surface area (TPSA) is 84.3 Å². The lowest BCUT2D eigenvalue weighted by Gasteiger charge is -2.38. The van der Waals surface area contributed by atoms with E-state index in [2.05, 4.69) is 33.0 Å². The SMILES string of the molecule is C[C@@H]1COCCN1c1cc(N2C3CCC2COC3)nc2c1c(C(C)(C)F)nn2-c1ccn[nH]1. The summed E-state index contributed by atoms with van der Waals surface area (Å²) in [6, 6.07) is 4.73. The Balaban J connectivity index is 1.63. The van der Waals surface area contributed by atoms with Crippen LogP contribution in [-0.2, 0) is 15.1 Å². The average Bonchev–Trinajstić information content (AvgIpc) is 3.49. The van der Waals surface area contributed by atoms with Gasteiger partial charge in [-0.15, -0.1) is 0 Å². The van der Waals surface area contributed by atoms with E-state index in [0.29, 0.717) is 55.7 Å². The van der Waals surface area contributed by atoms with Gasteiger partial charge in [0.15, 0.2) is 11.5 Å². The monoisotopic (exact) mass is 455 g/mol. The largest absolute Gasteiger partial charge is 0.377 e. The van der Waals surface area contributed by atoms with Crippen LogP contribution in [0.2, 0.25) is 0 Å². The van der Waals surface area contributed by atoms with Crippen molar-refractivity contribution in [2.75, 3.05) is 42.8 Å². The van der Waals surface area contributed by atoms with Gasteiger partial charge in [-0.05, 0) is 33.6 Å². The first kappa shape index (κ1) is 20.9. The molecule has 3 aliphatic rings. The number of H-pyrrole nitrogens is 1. The number of anilines is 2. The maximum atomic E-state index is 15.5. The predicted octanol–water partition coefficient (Wildman–Crippen LogP) is 2.94. The highest BCUT2D eigenvalue weighted by Crippen LogP contribution is 2.42. The van der Waals surface area contributed by atoms with E-state index in [1.54, 1.807) is 24.7 Å². The molecule has 3 aromatic rings. The summed E-state index contributed by atoms with van der Waals surface area (Å²) in [5.74, 6) is 1.56. The fourth-order valence-corrected chi connectivity index (χ4v) is 5.48. The Hall–Kier alpha value is -2.72. The van der Waals surface area contributed by atoms with Gasteiger partial charge in [0.25, 0.3) is 0 Å². The van der Waals surface area contributed by atoms with Crippen LogP contribution < -0.4 is 9.80 Å². The molecule has 0 spiro atoms. The molecule has 3 atom stereocenters. The third kappa shape index (κ3) is 3.38. The van der Waals surface area contributed by atoms with Gasteiger partial charge in [-0.3, -0.25) is 5.10 Å². The molecule has 33 heavy (non-hydrogen) atoms. The molecule has 6 heterocycles. The summed E-state index contributed by atoms with van der Waals surface area (Å²) in [4.78, 5) is 9.83. The number of aromatic amines is 1. The second kappa shape index (κ2) is 7.66. The van der Waals surface area contributed by atoms with Crippen molar-refractivity contribution >= 4 is 22.5 Å². The standard InChI is InChI=1S/C23H30FN7O2/c1-14-11-32-9-8-29(14)17-10-19(30-15-4-5-16(30)13-33-12-15)26-22-20(17)21(23(2,3)24)28-31(22)18-6-7-25-27-18/h6-7,10,14-16H,4-5,8-9,11-13H2,1-3H3,(H,25,27)/t14-,15?,16?/m1/s1. The number of pyridine rings is 1. The third-order valence-corrected chi connectivity index (χ3v) is 7.06. The maximum absolute atomic E-state index is 15.5. The van der Waals surface area contributed by atoms with E-state index in [0.717, 1.165) is 36.3 Å². The number of alkyl halides is 1. The maximum Gasteiger partial charge on any atom is 0.169 e. The Morgan fingerprint density at radius 2 is 1.94 bits per heavy atom. The molecule has 0 radical (unpaired) electrons. The number of morpholine rings is 2. The van der Waals surface area contributed by atoms with E-state index in [1.807, 2.05) is 6.07 Å². The van der Waals surface area contributed by atoms with Gasteiger partial charge in [0.2, 0.25) is 0 Å². The molecule has 1 N–H and O–H groups in total. The number of hydrogen-bond acceptors (Lipinski definition) is 7. The van der Waals surface area contributed by atoms with Crippen LogP contribution in [0.3, 0.4) is 0 Å². The van der Waals surface area contributed by atoms with Gasteiger partial charge in [-0.25, -0.2) is 9.37 Å². The minimum absolute atomic E-state index is 0.157. The van der Waals surface area contributed by atoms with Gasteiger partial charge in [0.05, 0.1) is 55.8 Å². The predicted molar refractivity (Wildman–Crippen MR) is 123 cm³/mol. The van der Waals surface area contributed by atoms with Crippen molar-refractivity contribution in [3.63, 3.8) is 0 Å². The zero-order valence-corrected chi connectivity index (χ0v) is 19.3. The molecule has 0 aromatic carbocycles. The lowest BCUT2D eigenvalue weighted by molar-refractivity contribution is 0.0902. The molecular weight excluding hydrogens is 425 g/mol. The second-order valence-electron chi connectivity index (χ2n) is 9.82. The number of hydrogen-bond donors (Lipinski definition) is 1. The first-order valence-corrected chi connectivity index (χ1v) is 11.7. The van der Waals surface area contributed by atoms with Crippen molar-refractivity contribution in [1.29, 1.82) is 0 Å². The fourth-order valence-electron chi connectivity index (χ4n) is 5.48. The summed E-state index contributed by atoms with van der Waals surface area (Å²) in [5.41, 5.74) is 0.333. The quantitative estimate of drug-likeness (QED) is 0.648. The van der Waals surface area contributed by atoms with Crippen LogP contribution in [-0.4, -0.2) is 76.1 Å². The molecule has 3 saturated heterocycles. The molecule has 6 rings (SSSR count). The number of aromatic nitrogens is 5. The first-order chi connectivity index (χ1) is 15.9. The van der Waals surface area contributed by atoms with Crippen LogP contribution in [0.25, 0.3) is 16.9 Å². The Morgan fingerprint density at radius 3 is 2.61 bits per heavy atom. The third-order valence-electron chi connectivity index (χ3n) is 7.06. The van der Waals surface area contributed by atoms with Crippen molar-refractivity contribution in [3.8, 4) is 5.82 Å². The molecular formula is C23H30FN7O2. The van der Waals surface area contributed by atoms with Crippen molar-refractivity contribution in [2.45, 2.75) is 57.4 Å². The lowest BCUT2D eigenvalue weighted by atomic mass is 10.0. The fraction of sp³-hybridized carbons (Fsp3) is 0.609. The molecule has 2 bridgehead atoms. The number of fused-ring (bicyclic) bond motifs is 3. The first-order valence-electron chi connectivity index (χ1n) is 11.7. The molecule has 3 fully saturated rings. The Kier molecular flexibility index (Phi) is 4.84. The van der Waals surface area contributed by atoms with Crippen molar-refractivity contribution in [1.82, 2.24) is 25.0 Å². The van der Waals surface area contributed by atoms with Crippen molar-refractivity contribution in [3.05, 3.63) is 24.0 Å². The summed E-state index contributed by atoms with van der Waals surface area (Å²) in [6.07, 6.45) is 3.85. The summed E-state index contributed by atoms with van der Waals surface area (Å²) in [5, 5.41) is 12.5. The Bertz CT molecular complexity index is 1140. The minimum Gasteiger partial charge on any atom is -0.377 e. The van der Waals surface area contributed by atoms with Gasteiger partial charge in [0, 0.05) is 24.7 Å². The molecule has 0 saturated carbocycles. The van der Waals surface area contributed by atoms with Crippen LogP contribution in [0.5, 0.6) is 0 Å². The van der Waals surface area contributed by atoms with Crippen LogP contribution in [0.4, 0.5) is 15.9 Å². The highest BCUT2D eigenvalue weighted by Gasteiger charge is 2.40. The number of halogens is 1. The Morgan fingerprint density at radius 1 is 1.15 bits per heavy atom. The normalized spacial score (nSPS) is 25.9. The molecule has 3 aliphatic heterocycles. The van der Waals surface area contributed by atoms with Crippen LogP contribution in [0.1, 0.15) is 39.3 Å². The van der Waals surface area contributed by atoms with Crippen LogP contribution in [0.15, 0.2) is 18.3 Å². The Labute approximate surface area is 191 Å². The molecule has 0 aliphatic carbocycles. The lowest BCUT2D eigenvalue weighted by Crippen LogP contribution is -2.47. The smallest absolute Gasteiger partial charge is 0.169 e. The highest BCUT2D eigenvalue weighted by molar-refractivity contribution is 5.95. The molecule has 176 valence electrons. The van der Waals surface area contributed by atoms with Gasteiger partial charge < -0.3 is 19.3 Å². The zero-order valence-electron chi connectivity index (χ0n) is 19.3. The number of ether oxygens (including phenoxy) is 2. The number of nitrogens with zero attached hydrogens (tertiary/aromatic N) is 6. The van der Waals surface area contributed by atoms with E-state index in [9.17, 15) is 0 Å². The van der Waals surface area contributed by atoms with E-state index in [1.165, 1.54) is 0 Å². The summed E-state index contributed by atoms with van der Waals surface area (Å²) in [7, 11) is 0. The van der Waals surface area contributed by atoms with Gasteiger partial charge >= 0.3 is 0 Å². The highest BCUT2D eigenvalue weighted by atomic mass is 19.1. The molecule has 9 nitrogen and oxygen atoms in total. The van der Waals surface area contributed by atoms with E-state index in [4.69, 9.17) is 19.6 Å². The van der Waals surface area contributed by atoms with Crippen molar-refractivity contribution in [2.24, 2.45) is 0 Å². The van der Waals surface area contributed by atoms with Gasteiger partial charge in [0.1, 0.15) is 17.2 Å². The average molecular weight is 456 g/mol. The zero-order chi connectivity index (χ0) is 22.7. The molecule has 0 amide bonds. The van der Waals surface area contributed by atoms with Crippen molar-refractivity contribution < 1.29 is 13.9 Å². The second-order valence-corrected chi connectivity index (χ2v) is 9.82. The number of rotatable bonds is 4. The van der Waals surface area contributed by atoms with E-state index >= 15 is 4.39 Å². The number of nitrogens with one attached hydrogen (secondary N) is 1. The van der Waals surface area contributed by atoms with Crippen LogP contribution in [0, 0.1) is 0 Å². The summed E-state index contributed by atoms with van der Waals surface area (Å²) >= 11 is 0. The molecule has 10 heteroatoms. The van der Waals surface area contributed by atoms with E-state index in [-0.39, 0.29) is 6.04 Å². The van der Waals surface area contributed by atoms with Gasteiger partial charge in [-0.2, -0.15) is 14.9 Å².